The van der Waals surface area contributed by atoms with E-state index < -0.39 is 0 Å². The van der Waals surface area contributed by atoms with E-state index >= 15 is 0 Å². The van der Waals surface area contributed by atoms with Gasteiger partial charge in [-0.25, -0.2) is 0 Å². The Labute approximate surface area is 108 Å². The Balaban J connectivity index is 0.000000810. The van der Waals surface area contributed by atoms with Gasteiger partial charge < -0.3 is 5.11 Å². The molecule has 0 bridgehead atoms. The molecular formula is C7H7KOS. The first-order valence-electron chi connectivity index (χ1n) is 2.59. The molecule has 0 radical (unpaired) electrons. The molecule has 0 saturated heterocycles. The van der Waals surface area contributed by atoms with E-state index in [1.807, 2.05) is 18.2 Å². The summed E-state index contributed by atoms with van der Waals surface area (Å²) in [5.74, 6) is 0. The fourth-order valence-electron chi connectivity index (χ4n) is 0.581. The summed E-state index contributed by atoms with van der Waals surface area (Å²) in [5.41, 5.74) is 0.701. The monoisotopic (exact) mass is 178 g/mol. The molecule has 0 amide bonds. The second-order valence-corrected chi connectivity index (χ2v) is 2.06. The Hall–Kier alpha value is 0.746. The minimum absolute atomic E-state index is 0. The molecule has 0 fully saturated rings. The van der Waals surface area contributed by atoms with Gasteiger partial charge in [0.05, 0.1) is 0 Å². The van der Waals surface area contributed by atoms with Crippen molar-refractivity contribution < 1.29 is 5.11 Å². The van der Waals surface area contributed by atoms with Gasteiger partial charge >= 0.3 is 51.4 Å². The molecule has 1 aromatic carbocycles. The van der Waals surface area contributed by atoms with Crippen LogP contribution in [0.4, 0.5) is 0 Å². The summed E-state index contributed by atoms with van der Waals surface area (Å²) in [5, 5.41) is 8.71. The zero-order valence-corrected chi connectivity index (χ0v) is 5.56. The van der Waals surface area contributed by atoms with Crippen molar-refractivity contribution in [1.82, 2.24) is 0 Å². The van der Waals surface area contributed by atoms with E-state index in [-0.39, 0.29) is 56.4 Å². The van der Waals surface area contributed by atoms with Gasteiger partial charge in [0.25, 0.3) is 0 Å². The molecule has 0 saturated carbocycles. The molecule has 10 heavy (non-hydrogen) atoms. The number of rotatable bonds is 1. The van der Waals surface area contributed by atoms with E-state index in [2.05, 4.69) is 12.2 Å². The van der Waals surface area contributed by atoms with Crippen LogP contribution in [0.3, 0.4) is 0 Å². The zero-order chi connectivity index (χ0) is 6.69. The Kier molecular flexibility index (Phi) is 5.81. The quantitative estimate of drug-likeness (QED) is 0.516. The maximum absolute atomic E-state index is 8.76. The van der Waals surface area contributed by atoms with Gasteiger partial charge in [-0.15, -0.1) is 0 Å². The molecule has 48 valence electrons. The van der Waals surface area contributed by atoms with Crippen molar-refractivity contribution in [2.75, 3.05) is 0 Å². The second kappa shape index (κ2) is 5.40. The van der Waals surface area contributed by atoms with Crippen LogP contribution in [-0.4, -0.2) is 61.5 Å². The van der Waals surface area contributed by atoms with Crippen LogP contribution in [0.5, 0.6) is 0 Å². The number of aliphatic hydroxyl groups is 1. The van der Waals surface area contributed by atoms with Crippen LogP contribution in [0.15, 0.2) is 30.3 Å². The second-order valence-electron chi connectivity index (χ2n) is 1.67. The molecule has 0 aliphatic carbocycles. The molecule has 1 rings (SSSR count). The van der Waals surface area contributed by atoms with Crippen LogP contribution in [0.2, 0.25) is 0 Å². The summed E-state index contributed by atoms with van der Waals surface area (Å²) >= 11 is 4.52. The number of aliphatic hydroxyl groups excluding tert-OH is 1. The average Bonchev–Trinajstić information content (AvgIpc) is 1.90. The van der Waals surface area contributed by atoms with Crippen LogP contribution in [-0.2, 0) is 0 Å². The average molecular weight is 178 g/mol. The van der Waals surface area contributed by atoms with E-state index in [9.17, 15) is 0 Å². The minimum atomic E-state index is -0.0457. The molecule has 1 nitrogen and oxygen atoms in total. The Morgan fingerprint density at radius 3 is 2.00 bits per heavy atom. The van der Waals surface area contributed by atoms with Crippen LogP contribution in [0.1, 0.15) is 5.56 Å². The summed E-state index contributed by atoms with van der Waals surface area (Å²) in [4.78, 5) is 0. The van der Waals surface area contributed by atoms with Crippen LogP contribution >= 0.6 is 12.2 Å². The van der Waals surface area contributed by atoms with Crippen molar-refractivity contribution in [1.29, 1.82) is 0 Å². The number of benzene rings is 1. The predicted molar refractivity (Wildman–Crippen MR) is 47.9 cm³/mol. The third kappa shape index (κ3) is 3.23. The summed E-state index contributed by atoms with van der Waals surface area (Å²) in [7, 11) is 0. The Morgan fingerprint density at radius 1 is 1.20 bits per heavy atom. The molecule has 0 aliphatic heterocycles. The SMILES string of the molecule is OC(=S)c1ccccc1.[KH]. The van der Waals surface area contributed by atoms with Gasteiger partial charge in [-0.2, -0.15) is 0 Å². The molecule has 0 aliphatic rings. The van der Waals surface area contributed by atoms with E-state index in [1.54, 1.807) is 12.1 Å². The van der Waals surface area contributed by atoms with Crippen molar-refractivity contribution in [2.24, 2.45) is 0 Å². The molecule has 1 N–H and O–H groups in total. The first-order valence-corrected chi connectivity index (χ1v) is 3.00. The fourth-order valence-corrected chi connectivity index (χ4v) is 0.717. The third-order valence-electron chi connectivity index (χ3n) is 1.02. The van der Waals surface area contributed by atoms with Crippen molar-refractivity contribution in [3.05, 3.63) is 35.9 Å². The molecule has 0 spiro atoms. The first-order chi connectivity index (χ1) is 4.30. The van der Waals surface area contributed by atoms with E-state index in [1.165, 1.54) is 0 Å². The van der Waals surface area contributed by atoms with E-state index in [0.29, 0.717) is 5.56 Å². The first kappa shape index (κ1) is 10.7. The van der Waals surface area contributed by atoms with Gasteiger partial charge in [0.2, 0.25) is 0 Å². The van der Waals surface area contributed by atoms with Gasteiger partial charge in [0.15, 0.2) is 5.05 Å². The normalized spacial score (nSPS) is 8.00. The number of hydrogen-bond donors (Lipinski definition) is 1. The van der Waals surface area contributed by atoms with E-state index in [0.717, 1.165) is 0 Å². The molecular weight excluding hydrogens is 171 g/mol. The summed E-state index contributed by atoms with van der Waals surface area (Å²) in [6, 6.07) is 9.07. The van der Waals surface area contributed by atoms with Gasteiger partial charge in [0.1, 0.15) is 0 Å². The zero-order valence-electron chi connectivity index (χ0n) is 4.74. The molecule has 0 aromatic heterocycles. The fraction of sp³-hybridized carbons (Fsp3) is 0. The van der Waals surface area contributed by atoms with Crippen molar-refractivity contribution >= 4 is 68.7 Å². The molecule has 0 unspecified atom stereocenters. The molecule has 0 atom stereocenters. The molecule has 1 aromatic rings. The van der Waals surface area contributed by atoms with Gasteiger partial charge in [-0.05, 0) is 12.2 Å². The van der Waals surface area contributed by atoms with Gasteiger partial charge in [-0.3, -0.25) is 0 Å². The van der Waals surface area contributed by atoms with Crippen molar-refractivity contribution in [3.63, 3.8) is 0 Å². The van der Waals surface area contributed by atoms with Gasteiger partial charge in [-0.1, -0.05) is 30.3 Å². The summed E-state index contributed by atoms with van der Waals surface area (Å²) in [6.07, 6.45) is 0. The van der Waals surface area contributed by atoms with Crippen molar-refractivity contribution in [3.8, 4) is 0 Å². The summed E-state index contributed by atoms with van der Waals surface area (Å²) in [6.45, 7) is 0. The third-order valence-corrected chi connectivity index (χ3v) is 1.26. The number of hydrogen-bond acceptors (Lipinski definition) is 1. The predicted octanol–water partition coefficient (Wildman–Crippen LogP) is 1.27. The standard InChI is InChI=1S/C7H6OS.K.H/c8-7(9)6-4-2-1-3-5-6;;/h1-5H,(H,8,9);;. The number of thiocarbonyl (C=S) groups is 1. The Bertz CT molecular complexity index is 210. The van der Waals surface area contributed by atoms with Crippen LogP contribution < -0.4 is 0 Å². The van der Waals surface area contributed by atoms with Crippen molar-refractivity contribution in [2.45, 2.75) is 0 Å². The van der Waals surface area contributed by atoms with E-state index in [4.69, 9.17) is 5.11 Å². The molecule has 3 heteroatoms. The maximum atomic E-state index is 8.76. The van der Waals surface area contributed by atoms with Gasteiger partial charge in [0, 0.05) is 5.56 Å². The van der Waals surface area contributed by atoms with Crippen LogP contribution in [0, 0.1) is 0 Å². The Morgan fingerprint density at radius 2 is 1.70 bits per heavy atom. The summed E-state index contributed by atoms with van der Waals surface area (Å²) < 4.78 is 0. The van der Waals surface area contributed by atoms with Crippen LogP contribution in [0.25, 0.3) is 0 Å². The molecule has 0 heterocycles. The topological polar surface area (TPSA) is 20.2 Å².